The van der Waals surface area contributed by atoms with Crippen molar-refractivity contribution in [3.05, 3.63) is 66.5 Å². The van der Waals surface area contributed by atoms with E-state index in [-0.39, 0.29) is 5.82 Å². The summed E-state index contributed by atoms with van der Waals surface area (Å²) >= 11 is 0. The molecule has 0 unspecified atom stereocenters. The molecule has 0 saturated carbocycles. The third-order valence-corrected chi connectivity index (χ3v) is 6.63. The number of aromatic nitrogens is 5. The zero-order valence-corrected chi connectivity index (χ0v) is 20.8. The van der Waals surface area contributed by atoms with Gasteiger partial charge in [-0.1, -0.05) is 6.08 Å². The highest BCUT2D eigenvalue weighted by atomic mass is 19.1. The summed E-state index contributed by atoms with van der Waals surface area (Å²) in [7, 11) is 3.95. The van der Waals surface area contributed by atoms with Gasteiger partial charge in [0.1, 0.15) is 23.9 Å². The zero-order chi connectivity index (χ0) is 25.4. The normalized spacial score (nSPS) is 14.0. The summed E-state index contributed by atoms with van der Waals surface area (Å²) in [6, 6.07) is 8.92. The van der Waals surface area contributed by atoms with E-state index in [4.69, 9.17) is 4.74 Å². The second-order valence-corrected chi connectivity index (χ2v) is 9.53. The molecule has 0 spiro atoms. The van der Waals surface area contributed by atoms with E-state index in [1.54, 1.807) is 12.4 Å². The number of benzene rings is 1. The quantitative estimate of drug-likeness (QED) is 0.304. The van der Waals surface area contributed by atoms with Gasteiger partial charge in [-0.15, -0.1) is 0 Å². The number of ether oxygens (including phenoxy) is 1. The topological polar surface area (TPSA) is 94.8 Å². The summed E-state index contributed by atoms with van der Waals surface area (Å²) < 4.78 is 20.4. The largest absolute Gasteiger partial charge is 0.492 e. The lowest BCUT2D eigenvalue weighted by Crippen LogP contribution is -2.20. The molecule has 5 heterocycles. The van der Waals surface area contributed by atoms with Crippen LogP contribution in [-0.2, 0) is 0 Å². The van der Waals surface area contributed by atoms with Crippen molar-refractivity contribution in [2.45, 2.75) is 6.42 Å². The summed E-state index contributed by atoms with van der Waals surface area (Å²) in [5, 5.41) is 13.0. The molecule has 8 nitrogen and oxygen atoms in total. The Morgan fingerprint density at radius 1 is 1.03 bits per heavy atom. The predicted molar refractivity (Wildman–Crippen MR) is 144 cm³/mol. The summed E-state index contributed by atoms with van der Waals surface area (Å²) in [4.78, 5) is 14.5. The molecular formula is C28H28FN7O. The van der Waals surface area contributed by atoms with Crippen LogP contribution in [0.15, 0.2) is 55.0 Å². The molecule has 0 fully saturated rings. The minimum absolute atomic E-state index is 0.351. The van der Waals surface area contributed by atoms with E-state index in [9.17, 15) is 4.39 Å². The van der Waals surface area contributed by atoms with Crippen molar-refractivity contribution in [2.24, 2.45) is 0 Å². The monoisotopic (exact) mass is 497 g/mol. The average Bonchev–Trinajstić information content (AvgIpc) is 3.52. The molecule has 188 valence electrons. The first kappa shape index (κ1) is 23.3. The Balaban J connectivity index is 1.39. The molecule has 0 saturated heterocycles. The van der Waals surface area contributed by atoms with Gasteiger partial charge in [0, 0.05) is 41.7 Å². The van der Waals surface area contributed by atoms with Gasteiger partial charge in [0.05, 0.1) is 34.8 Å². The number of nitrogens with zero attached hydrogens (tertiary/aromatic N) is 4. The maximum Gasteiger partial charge on any atom is 0.127 e. The number of fused-ring (bicyclic) bond motifs is 2. The van der Waals surface area contributed by atoms with Crippen molar-refractivity contribution in [3.8, 4) is 28.3 Å². The van der Waals surface area contributed by atoms with E-state index < -0.39 is 0 Å². The first-order valence-electron chi connectivity index (χ1n) is 12.3. The number of hydrogen-bond acceptors (Lipinski definition) is 6. The van der Waals surface area contributed by atoms with Crippen molar-refractivity contribution >= 4 is 27.4 Å². The van der Waals surface area contributed by atoms with Crippen LogP contribution < -0.4 is 10.1 Å². The van der Waals surface area contributed by atoms with Gasteiger partial charge in [-0.25, -0.2) is 4.39 Å². The number of hydrogen-bond donors (Lipinski definition) is 3. The number of nitrogens with one attached hydrogen (secondary N) is 3. The average molecular weight is 498 g/mol. The Hall–Kier alpha value is -4.08. The van der Waals surface area contributed by atoms with E-state index in [2.05, 4.69) is 42.6 Å². The van der Waals surface area contributed by atoms with E-state index in [0.29, 0.717) is 17.9 Å². The van der Waals surface area contributed by atoms with Crippen molar-refractivity contribution < 1.29 is 9.13 Å². The number of halogens is 1. The van der Waals surface area contributed by atoms with Crippen LogP contribution in [0.1, 0.15) is 12.1 Å². The molecule has 37 heavy (non-hydrogen) atoms. The van der Waals surface area contributed by atoms with Crippen LogP contribution in [0.4, 0.5) is 4.39 Å². The Labute approximate surface area is 213 Å². The Bertz CT molecular complexity index is 1620. The SMILES string of the molecule is CN(C)CCOc1cc(F)cc(-c2cncc3[nH]c(-c4n[nH]c5cnc(C6=CCNCC6)cc45)cc23)c1. The van der Waals surface area contributed by atoms with E-state index in [1.807, 2.05) is 37.3 Å². The Morgan fingerprint density at radius 3 is 2.78 bits per heavy atom. The van der Waals surface area contributed by atoms with Crippen molar-refractivity contribution in [2.75, 3.05) is 40.3 Å². The smallest absolute Gasteiger partial charge is 0.127 e. The van der Waals surface area contributed by atoms with Gasteiger partial charge >= 0.3 is 0 Å². The summed E-state index contributed by atoms with van der Waals surface area (Å²) in [5.41, 5.74) is 7.11. The van der Waals surface area contributed by atoms with E-state index >= 15 is 0 Å². The zero-order valence-electron chi connectivity index (χ0n) is 20.8. The molecular weight excluding hydrogens is 469 g/mol. The van der Waals surface area contributed by atoms with Gasteiger partial charge in [-0.2, -0.15) is 5.10 Å². The molecule has 3 N–H and O–H groups in total. The summed E-state index contributed by atoms with van der Waals surface area (Å²) in [6.07, 6.45) is 8.51. The number of aromatic amines is 2. The third kappa shape index (κ3) is 4.71. The fourth-order valence-electron chi connectivity index (χ4n) is 4.71. The fraction of sp³-hybridized carbons (Fsp3) is 0.250. The second-order valence-electron chi connectivity index (χ2n) is 9.53. The Morgan fingerprint density at radius 2 is 1.95 bits per heavy atom. The number of rotatable bonds is 7. The van der Waals surface area contributed by atoms with Crippen molar-refractivity contribution in [1.29, 1.82) is 0 Å². The predicted octanol–water partition coefficient (Wildman–Crippen LogP) is 4.62. The van der Waals surface area contributed by atoms with E-state index in [1.165, 1.54) is 17.7 Å². The molecule has 6 rings (SSSR count). The van der Waals surface area contributed by atoms with Crippen LogP contribution in [0.5, 0.6) is 5.75 Å². The number of H-pyrrole nitrogens is 2. The van der Waals surface area contributed by atoms with Crippen LogP contribution >= 0.6 is 0 Å². The van der Waals surface area contributed by atoms with Crippen molar-refractivity contribution in [1.82, 2.24) is 35.4 Å². The molecule has 4 aromatic heterocycles. The molecule has 0 bridgehead atoms. The fourth-order valence-corrected chi connectivity index (χ4v) is 4.71. The van der Waals surface area contributed by atoms with Gasteiger partial charge in [0.2, 0.25) is 0 Å². The maximum absolute atomic E-state index is 14.5. The standard InChI is InChI=1S/C28H28FN7O/c1-36(2)7-8-37-20-10-18(9-19(29)11-20)23-14-31-15-26-21(23)12-25(33-26)28-22-13-24(17-3-5-30-6-4-17)32-16-27(22)34-35-28/h3,9-16,30,33H,4-8H2,1-2H3,(H,34,35). The lowest BCUT2D eigenvalue weighted by atomic mass is 10.0. The maximum atomic E-state index is 14.5. The van der Waals surface area contributed by atoms with Gasteiger partial charge in [-0.05, 0) is 62.5 Å². The molecule has 0 aliphatic carbocycles. The molecule has 1 aliphatic rings. The molecule has 9 heteroatoms. The molecule has 0 radical (unpaired) electrons. The first-order valence-corrected chi connectivity index (χ1v) is 12.3. The minimum Gasteiger partial charge on any atom is -0.492 e. The molecule has 5 aromatic rings. The highest BCUT2D eigenvalue weighted by molar-refractivity contribution is 6.01. The lowest BCUT2D eigenvalue weighted by Gasteiger charge is -2.13. The van der Waals surface area contributed by atoms with Gasteiger partial charge in [0.15, 0.2) is 0 Å². The van der Waals surface area contributed by atoms with Gasteiger partial charge in [-0.3, -0.25) is 15.1 Å². The Kier molecular flexibility index (Phi) is 6.15. The number of pyridine rings is 2. The van der Waals surface area contributed by atoms with Crippen LogP contribution in [0.2, 0.25) is 0 Å². The highest BCUT2D eigenvalue weighted by Gasteiger charge is 2.17. The van der Waals surface area contributed by atoms with Gasteiger partial charge < -0.3 is 19.9 Å². The summed E-state index contributed by atoms with van der Waals surface area (Å²) in [6.45, 7) is 3.02. The van der Waals surface area contributed by atoms with Crippen LogP contribution in [0.25, 0.3) is 49.9 Å². The molecule has 0 atom stereocenters. The van der Waals surface area contributed by atoms with Crippen LogP contribution in [0, 0.1) is 5.82 Å². The van der Waals surface area contributed by atoms with Crippen LogP contribution in [-0.4, -0.2) is 70.4 Å². The molecule has 0 amide bonds. The first-order chi connectivity index (χ1) is 18.0. The number of likely N-dealkylation sites (N-methyl/N-ethyl adjacent to an activating group) is 1. The highest BCUT2D eigenvalue weighted by Crippen LogP contribution is 2.35. The molecule has 1 aromatic carbocycles. The lowest BCUT2D eigenvalue weighted by molar-refractivity contribution is 0.260. The van der Waals surface area contributed by atoms with E-state index in [0.717, 1.165) is 70.5 Å². The van der Waals surface area contributed by atoms with Crippen molar-refractivity contribution in [3.63, 3.8) is 0 Å². The molecule has 1 aliphatic heterocycles. The summed E-state index contributed by atoms with van der Waals surface area (Å²) in [5.74, 6) is 0.144. The third-order valence-electron chi connectivity index (χ3n) is 6.63. The van der Waals surface area contributed by atoms with Crippen LogP contribution in [0.3, 0.4) is 0 Å². The second kappa shape index (κ2) is 9.76. The van der Waals surface area contributed by atoms with Gasteiger partial charge in [0.25, 0.3) is 0 Å². The minimum atomic E-state index is -0.351.